The molecule has 2 rings (SSSR count). The molecular weight excluding hydrogens is 240 g/mol. The lowest BCUT2D eigenvalue weighted by atomic mass is 10.2. The molecule has 104 valence electrons. The molecule has 0 aromatic carbocycles. The number of aromatic nitrogens is 2. The minimum atomic E-state index is -0.0264. The fourth-order valence-electron chi connectivity index (χ4n) is 2.42. The van der Waals surface area contributed by atoms with Crippen LogP contribution in [0.3, 0.4) is 0 Å². The maximum absolute atomic E-state index is 12.3. The highest BCUT2D eigenvalue weighted by molar-refractivity contribution is 5.92. The average molecular weight is 262 g/mol. The highest BCUT2D eigenvalue weighted by Gasteiger charge is 2.24. The minimum Gasteiger partial charge on any atom is -0.369 e. The van der Waals surface area contributed by atoms with Crippen LogP contribution in [0, 0.1) is 0 Å². The molecule has 1 N–H and O–H groups in total. The number of carbonyl (C=O) groups excluding carboxylic acids is 1. The number of nitrogens with one attached hydrogen (secondary N) is 1. The third-order valence-corrected chi connectivity index (χ3v) is 3.62. The molecule has 5 heteroatoms. The molecule has 1 saturated carbocycles. The molecule has 0 unspecified atom stereocenters. The van der Waals surface area contributed by atoms with E-state index in [1.165, 1.54) is 12.8 Å². The van der Waals surface area contributed by atoms with Crippen molar-refractivity contribution in [3.05, 3.63) is 18.1 Å². The number of hydrogen-bond donors (Lipinski definition) is 1. The van der Waals surface area contributed by atoms with Gasteiger partial charge in [0.25, 0.3) is 5.91 Å². The summed E-state index contributed by atoms with van der Waals surface area (Å²) in [6, 6.07) is 0.368. The normalized spacial score (nSPS) is 15.5. The third-order valence-electron chi connectivity index (χ3n) is 3.62. The number of hydrogen-bond acceptors (Lipinski definition) is 4. The number of rotatable bonds is 5. The second kappa shape index (κ2) is 6.50. The molecule has 5 nitrogen and oxygen atoms in total. The predicted octanol–water partition coefficient (Wildman–Crippen LogP) is 2.31. The Bertz CT molecular complexity index is 412. The summed E-state index contributed by atoms with van der Waals surface area (Å²) in [7, 11) is 1.86. The third kappa shape index (κ3) is 3.43. The van der Waals surface area contributed by atoms with Crippen molar-refractivity contribution in [1.29, 1.82) is 0 Å². The van der Waals surface area contributed by atoms with E-state index < -0.39 is 0 Å². The Balaban J connectivity index is 1.98. The second-order valence-corrected chi connectivity index (χ2v) is 5.07. The molecule has 1 fully saturated rings. The highest BCUT2D eigenvalue weighted by atomic mass is 16.2. The van der Waals surface area contributed by atoms with Gasteiger partial charge in [0.15, 0.2) is 0 Å². The fourth-order valence-corrected chi connectivity index (χ4v) is 2.42. The Hall–Kier alpha value is -1.65. The van der Waals surface area contributed by atoms with Crippen molar-refractivity contribution >= 4 is 11.7 Å². The molecule has 0 radical (unpaired) electrons. The van der Waals surface area contributed by atoms with Crippen LogP contribution in [-0.4, -0.2) is 40.4 Å². The van der Waals surface area contributed by atoms with E-state index in [9.17, 15) is 4.79 Å². The minimum absolute atomic E-state index is 0.0264. The number of carbonyl (C=O) groups is 1. The zero-order valence-electron chi connectivity index (χ0n) is 11.7. The van der Waals surface area contributed by atoms with Crippen LogP contribution in [0.5, 0.6) is 0 Å². The Morgan fingerprint density at radius 2 is 2.11 bits per heavy atom. The highest BCUT2D eigenvalue weighted by Crippen LogP contribution is 2.23. The van der Waals surface area contributed by atoms with Crippen LogP contribution in [0.4, 0.5) is 5.82 Å². The Morgan fingerprint density at radius 1 is 1.37 bits per heavy atom. The number of anilines is 1. The summed E-state index contributed by atoms with van der Waals surface area (Å²) in [6.45, 7) is 2.96. The average Bonchev–Trinajstić information content (AvgIpc) is 2.98. The molecular formula is C14H22N4O. The van der Waals surface area contributed by atoms with E-state index in [1.807, 2.05) is 11.9 Å². The first-order valence-electron chi connectivity index (χ1n) is 7.05. The molecule has 1 heterocycles. The van der Waals surface area contributed by atoms with Gasteiger partial charge in [-0.2, -0.15) is 0 Å². The molecule has 0 saturated heterocycles. The van der Waals surface area contributed by atoms with E-state index in [4.69, 9.17) is 0 Å². The first kappa shape index (κ1) is 13.8. The topological polar surface area (TPSA) is 58.1 Å². The summed E-state index contributed by atoms with van der Waals surface area (Å²) < 4.78 is 0. The molecule has 0 bridgehead atoms. The van der Waals surface area contributed by atoms with Crippen molar-refractivity contribution in [1.82, 2.24) is 14.9 Å². The number of amides is 1. The SMILES string of the molecule is CCCNc1cnc(C(=O)N(C)C2CCCC2)cn1. The van der Waals surface area contributed by atoms with Crippen molar-refractivity contribution < 1.29 is 4.79 Å². The molecule has 19 heavy (non-hydrogen) atoms. The van der Waals surface area contributed by atoms with Gasteiger partial charge in [-0.1, -0.05) is 19.8 Å². The Kier molecular flexibility index (Phi) is 4.71. The van der Waals surface area contributed by atoms with E-state index in [-0.39, 0.29) is 5.91 Å². The van der Waals surface area contributed by atoms with Gasteiger partial charge in [0.2, 0.25) is 0 Å². The van der Waals surface area contributed by atoms with Gasteiger partial charge in [0, 0.05) is 19.6 Å². The first-order chi connectivity index (χ1) is 9.22. The molecule has 0 spiro atoms. The fraction of sp³-hybridized carbons (Fsp3) is 0.643. The van der Waals surface area contributed by atoms with Gasteiger partial charge in [0.1, 0.15) is 11.5 Å². The van der Waals surface area contributed by atoms with E-state index in [1.54, 1.807) is 12.4 Å². The van der Waals surface area contributed by atoms with Crippen LogP contribution in [0.1, 0.15) is 49.5 Å². The summed E-state index contributed by atoms with van der Waals surface area (Å²) in [4.78, 5) is 22.5. The van der Waals surface area contributed by atoms with Crippen molar-refractivity contribution in [3.8, 4) is 0 Å². The maximum atomic E-state index is 12.3. The van der Waals surface area contributed by atoms with Crippen molar-refractivity contribution in [2.75, 3.05) is 18.9 Å². The largest absolute Gasteiger partial charge is 0.369 e. The van der Waals surface area contributed by atoms with Gasteiger partial charge in [0.05, 0.1) is 12.4 Å². The van der Waals surface area contributed by atoms with E-state index >= 15 is 0 Å². The summed E-state index contributed by atoms with van der Waals surface area (Å²) in [5.74, 6) is 0.698. The zero-order valence-corrected chi connectivity index (χ0v) is 11.7. The summed E-state index contributed by atoms with van der Waals surface area (Å²) in [5.41, 5.74) is 0.427. The lowest BCUT2D eigenvalue weighted by molar-refractivity contribution is 0.0729. The van der Waals surface area contributed by atoms with Gasteiger partial charge < -0.3 is 10.2 Å². The monoisotopic (exact) mass is 262 g/mol. The van der Waals surface area contributed by atoms with Crippen LogP contribution in [0.15, 0.2) is 12.4 Å². The van der Waals surface area contributed by atoms with E-state index in [0.29, 0.717) is 11.7 Å². The van der Waals surface area contributed by atoms with Crippen molar-refractivity contribution in [2.45, 2.75) is 45.1 Å². The molecule has 0 atom stereocenters. The van der Waals surface area contributed by atoms with Crippen molar-refractivity contribution in [2.24, 2.45) is 0 Å². The van der Waals surface area contributed by atoms with Crippen LogP contribution >= 0.6 is 0 Å². The van der Waals surface area contributed by atoms with Crippen LogP contribution in [0.2, 0.25) is 0 Å². The molecule has 1 aliphatic rings. The van der Waals surface area contributed by atoms with Crippen LogP contribution in [-0.2, 0) is 0 Å². The van der Waals surface area contributed by atoms with Crippen LogP contribution < -0.4 is 5.32 Å². The molecule has 1 aromatic heterocycles. The molecule has 1 amide bonds. The zero-order chi connectivity index (χ0) is 13.7. The Labute approximate surface area is 114 Å². The van der Waals surface area contributed by atoms with E-state index in [2.05, 4.69) is 22.2 Å². The van der Waals surface area contributed by atoms with Gasteiger partial charge in [-0.25, -0.2) is 9.97 Å². The van der Waals surface area contributed by atoms with Gasteiger partial charge >= 0.3 is 0 Å². The lowest BCUT2D eigenvalue weighted by Crippen LogP contribution is -2.35. The van der Waals surface area contributed by atoms with Gasteiger partial charge in [-0.15, -0.1) is 0 Å². The van der Waals surface area contributed by atoms with Gasteiger partial charge in [-0.3, -0.25) is 4.79 Å². The summed E-state index contributed by atoms with van der Waals surface area (Å²) in [6.07, 6.45) is 8.86. The first-order valence-corrected chi connectivity index (χ1v) is 7.05. The van der Waals surface area contributed by atoms with E-state index in [0.717, 1.165) is 31.6 Å². The lowest BCUT2D eigenvalue weighted by Gasteiger charge is -2.23. The predicted molar refractivity (Wildman–Crippen MR) is 75.2 cm³/mol. The smallest absolute Gasteiger partial charge is 0.274 e. The molecule has 0 aliphatic heterocycles. The van der Waals surface area contributed by atoms with Crippen molar-refractivity contribution in [3.63, 3.8) is 0 Å². The Morgan fingerprint density at radius 3 is 2.68 bits per heavy atom. The summed E-state index contributed by atoms with van der Waals surface area (Å²) >= 11 is 0. The summed E-state index contributed by atoms with van der Waals surface area (Å²) in [5, 5.41) is 3.15. The maximum Gasteiger partial charge on any atom is 0.274 e. The number of nitrogens with zero attached hydrogens (tertiary/aromatic N) is 3. The van der Waals surface area contributed by atoms with Gasteiger partial charge in [-0.05, 0) is 19.3 Å². The molecule has 1 aromatic rings. The van der Waals surface area contributed by atoms with Crippen LogP contribution in [0.25, 0.3) is 0 Å². The quantitative estimate of drug-likeness (QED) is 0.884. The standard InChI is InChI=1S/C14H22N4O/c1-3-8-15-13-10-16-12(9-17-13)14(19)18(2)11-6-4-5-7-11/h9-11H,3-8H2,1-2H3,(H,15,17). The second-order valence-electron chi connectivity index (χ2n) is 5.07. The molecule has 1 aliphatic carbocycles.